The maximum atomic E-state index is 10.2. The third kappa shape index (κ3) is 1.41. The Kier molecular flexibility index (Phi) is 2.28. The minimum Gasteiger partial charge on any atom is -0.488 e. The molecule has 2 rings (SSSR count). The van der Waals surface area contributed by atoms with Gasteiger partial charge in [-0.3, -0.25) is 0 Å². The van der Waals surface area contributed by atoms with Crippen LogP contribution < -0.4 is 4.74 Å². The number of aliphatic imine (C=N–C) groups is 1. The molecule has 1 aromatic carbocycles. The molecule has 1 aliphatic rings. The van der Waals surface area contributed by atoms with Crippen molar-refractivity contribution in [3.05, 3.63) is 22.7 Å². The smallest absolute Gasteiger partial charge is 0.240 e. The number of halogens is 1. The average molecular weight is 210 g/mol. The number of benzene rings is 1. The third-order valence-electron chi connectivity index (χ3n) is 2.16. The van der Waals surface area contributed by atoms with Gasteiger partial charge in [0.15, 0.2) is 0 Å². The lowest BCUT2D eigenvalue weighted by Gasteiger charge is -2.04. The van der Waals surface area contributed by atoms with E-state index < -0.39 is 0 Å². The zero-order chi connectivity index (χ0) is 10.1. The molecule has 72 valence electrons. The van der Waals surface area contributed by atoms with E-state index in [9.17, 15) is 4.79 Å². The third-order valence-corrected chi connectivity index (χ3v) is 2.46. The number of rotatable bonds is 1. The predicted molar refractivity (Wildman–Crippen MR) is 53.0 cm³/mol. The minimum absolute atomic E-state index is 0.0884. The Labute approximate surface area is 86.4 Å². The van der Waals surface area contributed by atoms with Gasteiger partial charge in [0, 0.05) is 12.0 Å². The molecule has 4 heteroatoms. The summed E-state index contributed by atoms with van der Waals surface area (Å²) >= 11 is 5.94. The summed E-state index contributed by atoms with van der Waals surface area (Å²) in [6, 6.07) is 3.38. The molecule has 0 amide bonds. The van der Waals surface area contributed by atoms with Gasteiger partial charge in [-0.1, -0.05) is 11.6 Å². The summed E-state index contributed by atoms with van der Waals surface area (Å²) < 4.78 is 5.50. The fraction of sp³-hybridized carbons (Fsp3) is 0.300. The molecule has 1 unspecified atom stereocenters. The van der Waals surface area contributed by atoms with Crippen LogP contribution in [0.3, 0.4) is 0 Å². The molecule has 0 fully saturated rings. The van der Waals surface area contributed by atoms with Crippen LogP contribution in [0, 0.1) is 0 Å². The van der Waals surface area contributed by atoms with Crippen molar-refractivity contribution in [3.63, 3.8) is 0 Å². The van der Waals surface area contributed by atoms with E-state index in [0.717, 1.165) is 12.0 Å². The lowest BCUT2D eigenvalue weighted by atomic mass is 10.1. The molecule has 3 nitrogen and oxygen atoms in total. The first-order chi connectivity index (χ1) is 6.72. The SMILES string of the molecule is CC1Cc2c(N=C=O)ccc(Cl)c2O1. The van der Waals surface area contributed by atoms with Gasteiger partial charge in [-0.15, -0.1) is 0 Å². The van der Waals surface area contributed by atoms with Crippen molar-refractivity contribution in [3.8, 4) is 5.75 Å². The van der Waals surface area contributed by atoms with E-state index in [1.54, 1.807) is 12.1 Å². The Bertz CT molecular complexity index is 424. The Morgan fingerprint density at radius 2 is 2.43 bits per heavy atom. The molecule has 0 saturated carbocycles. The topological polar surface area (TPSA) is 38.7 Å². The summed E-state index contributed by atoms with van der Waals surface area (Å²) in [5.74, 6) is 0.649. The van der Waals surface area contributed by atoms with Gasteiger partial charge in [0.1, 0.15) is 11.9 Å². The Balaban J connectivity index is 2.58. The van der Waals surface area contributed by atoms with Gasteiger partial charge < -0.3 is 4.74 Å². The summed E-state index contributed by atoms with van der Waals surface area (Å²) in [6.45, 7) is 1.95. The summed E-state index contributed by atoms with van der Waals surface area (Å²) in [6.07, 6.45) is 2.35. The molecule has 0 bridgehead atoms. The van der Waals surface area contributed by atoms with Gasteiger partial charge in [0.05, 0.1) is 10.7 Å². The monoisotopic (exact) mass is 209 g/mol. The Morgan fingerprint density at radius 1 is 1.64 bits per heavy atom. The van der Waals surface area contributed by atoms with Crippen LogP contribution in [0.4, 0.5) is 5.69 Å². The first-order valence-corrected chi connectivity index (χ1v) is 4.66. The molecule has 0 aliphatic carbocycles. The number of fused-ring (bicyclic) bond motifs is 1. The average Bonchev–Trinajstić information content (AvgIpc) is 2.53. The summed E-state index contributed by atoms with van der Waals surface area (Å²) in [4.78, 5) is 13.8. The second-order valence-corrected chi connectivity index (χ2v) is 3.62. The largest absolute Gasteiger partial charge is 0.488 e. The van der Waals surface area contributed by atoms with E-state index in [-0.39, 0.29) is 6.10 Å². The second kappa shape index (κ2) is 3.45. The lowest BCUT2D eigenvalue weighted by molar-refractivity contribution is 0.255. The zero-order valence-corrected chi connectivity index (χ0v) is 8.34. The first kappa shape index (κ1) is 9.25. The van der Waals surface area contributed by atoms with Crippen molar-refractivity contribution in [1.29, 1.82) is 0 Å². The summed E-state index contributed by atoms with van der Waals surface area (Å²) in [5, 5.41) is 0.564. The van der Waals surface area contributed by atoms with E-state index >= 15 is 0 Å². The summed E-state index contributed by atoms with van der Waals surface area (Å²) in [7, 11) is 0. The zero-order valence-electron chi connectivity index (χ0n) is 7.58. The van der Waals surface area contributed by atoms with E-state index in [1.807, 2.05) is 6.92 Å². The van der Waals surface area contributed by atoms with E-state index in [0.29, 0.717) is 16.5 Å². The lowest BCUT2D eigenvalue weighted by Crippen LogP contribution is -2.05. The predicted octanol–water partition coefficient (Wildman–Crippen LogP) is 2.63. The summed E-state index contributed by atoms with van der Waals surface area (Å²) in [5.41, 5.74) is 1.50. The Morgan fingerprint density at radius 3 is 3.14 bits per heavy atom. The number of hydrogen-bond donors (Lipinski definition) is 0. The molecule has 1 heterocycles. The van der Waals surface area contributed by atoms with Crippen LogP contribution in [0.1, 0.15) is 12.5 Å². The van der Waals surface area contributed by atoms with Crippen molar-refractivity contribution in [1.82, 2.24) is 0 Å². The molecule has 1 aromatic rings. The fourth-order valence-electron chi connectivity index (χ4n) is 1.60. The molecule has 0 radical (unpaired) electrons. The molecular formula is C10H8ClNO2. The van der Waals surface area contributed by atoms with Gasteiger partial charge in [-0.2, -0.15) is 4.99 Å². The molecule has 1 atom stereocenters. The van der Waals surface area contributed by atoms with Crippen molar-refractivity contribution in [2.45, 2.75) is 19.4 Å². The van der Waals surface area contributed by atoms with E-state index in [1.165, 1.54) is 6.08 Å². The number of ether oxygens (including phenoxy) is 1. The maximum absolute atomic E-state index is 10.2. The second-order valence-electron chi connectivity index (χ2n) is 3.21. The molecule has 1 aliphatic heterocycles. The van der Waals surface area contributed by atoms with Gasteiger partial charge in [0.25, 0.3) is 0 Å². The van der Waals surface area contributed by atoms with Crippen molar-refractivity contribution in [2.75, 3.05) is 0 Å². The van der Waals surface area contributed by atoms with Crippen LogP contribution in [0.5, 0.6) is 5.75 Å². The van der Waals surface area contributed by atoms with Gasteiger partial charge in [-0.25, -0.2) is 4.79 Å². The Hall–Kier alpha value is -1.31. The van der Waals surface area contributed by atoms with Crippen LogP contribution in [-0.2, 0) is 11.2 Å². The standard InChI is InChI=1S/C10H8ClNO2/c1-6-4-7-9(12-5-13)3-2-8(11)10(7)14-6/h2-3,6H,4H2,1H3. The number of nitrogens with zero attached hydrogens (tertiary/aromatic N) is 1. The molecule has 0 N–H and O–H groups in total. The fourth-order valence-corrected chi connectivity index (χ4v) is 1.82. The quantitative estimate of drug-likeness (QED) is 0.527. The molecular weight excluding hydrogens is 202 g/mol. The van der Waals surface area contributed by atoms with Crippen LogP contribution in [0.2, 0.25) is 5.02 Å². The molecule has 0 saturated heterocycles. The van der Waals surface area contributed by atoms with Gasteiger partial charge in [-0.05, 0) is 19.1 Å². The van der Waals surface area contributed by atoms with Crippen LogP contribution in [-0.4, -0.2) is 12.2 Å². The van der Waals surface area contributed by atoms with Crippen LogP contribution >= 0.6 is 11.6 Å². The highest BCUT2D eigenvalue weighted by atomic mass is 35.5. The number of isocyanates is 1. The minimum atomic E-state index is 0.0884. The van der Waals surface area contributed by atoms with Crippen molar-refractivity contribution >= 4 is 23.4 Å². The highest BCUT2D eigenvalue weighted by molar-refractivity contribution is 6.32. The van der Waals surface area contributed by atoms with E-state index in [2.05, 4.69) is 4.99 Å². The molecule has 0 aromatic heterocycles. The van der Waals surface area contributed by atoms with Gasteiger partial charge >= 0.3 is 0 Å². The van der Waals surface area contributed by atoms with E-state index in [4.69, 9.17) is 16.3 Å². The number of carbonyl (C=O) groups excluding carboxylic acids is 1. The number of hydrogen-bond acceptors (Lipinski definition) is 3. The molecule has 0 spiro atoms. The van der Waals surface area contributed by atoms with Crippen LogP contribution in [0.15, 0.2) is 17.1 Å². The molecule has 14 heavy (non-hydrogen) atoms. The normalized spacial score (nSPS) is 18.3. The van der Waals surface area contributed by atoms with Crippen molar-refractivity contribution < 1.29 is 9.53 Å². The van der Waals surface area contributed by atoms with Crippen LogP contribution in [0.25, 0.3) is 0 Å². The van der Waals surface area contributed by atoms with Gasteiger partial charge in [0.2, 0.25) is 6.08 Å². The first-order valence-electron chi connectivity index (χ1n) is 4.28. The highest BCUT2D eigenvalue weighted by Crippen LogP contribution is 2.41. The van der Waals surface area contributed by atoms with Crippen molar-refractivity contribution in [2.24, 2.45) is 4.99 Å². The maximum Gasteiger partial charge on any atom is 0.240 e. The highest BCUT2D eigenvalue weighted by Gasteiger charge is 2.24.